The minimum Gasteiger partial charge on any atom is -0.459 e. The van der Waals surface area contributed by atoms with E-state index in [1.807, 2.05) is 44.3 Å². The molecule has 10 heteroatoms. The van der Waals surface area contributed by atoms with Crippen LogP contribution in [0.25, 0.3) is 10.9 Å². The number of nitrogens with zero attached hydrogens (tertiary/aromatic N) is 2. The molecule has 10 nitrogen and oxygen atoms in total. The lowest BCUT2D eigenvalue weighted by Crippen LogP contribution is -2.59. The highest BCUT2D eigenvalue weighted by atomic mass is 16.6. The van der Waals surface area contributed by atoms with Crippen LogP contribution in [0.1, 0.15) is 73.3 Å². The summed E-state index contributed by atoms with van der Waals surface area (Å²) in [5.74, 6) is -2.69. The molecule has 0 bridgehead atoms. The Hall–Kier alpha value is -2.18. The lowest BCUT2D eigenvalue weighted by Gasteiger charge is -2.43. The first kappa shape index (κ1) is 36.3. The van der Waals surface area contributed by atoms with Gasteiger partial charge in [-0.3, -0.25) is 14.7 Å². The molecule has 0 unspecified atom stereocenters. The molecule has 0 amide bonds. The van der Waals surface area contributed by atoms with Gasteiger partial charge < -0.3 is 35.6 Å². The highest BCUT2D eigenvalue weighted by Gasteiger charge is 2.47. The predicted molar refractivity (Wildman–Crippen MR) is 171 cm³/mol. The minimum absolute atomic E-state index is 0.109. The summed E-state index contributed by atoms with van der Waals surface area (Å²) in [4.78, 5) is 19.7. The third-order valence-electron chi connectivity index (χ3n) is 9.55. The summed E-state index contributed by atoms with van der Waals surface area (Å²) in [6.45, 7) is 14.1. The van der Waals surface area contributed by atoms with Gasteiger partial charge in [-0.1, -0.05) is 39.0 Å². The molecule has 1 aromatic heterocycles. The summed E-state index contributed by atoms with van der Waals surface area (Å²) in [5.41, 5.74) is -1.27. The Bertz CT molecular complexity index is 1210. The van der Waals surface area contributed by atoms with Gasteiger partial charge in [-0.2, -0.15) is 0 Å². The number of nitrogens with one attached hydrogen (secondary N) is 1. The first-order valence-electron chi connectivity index (χ1n) is 16.1. The van der Waals surface area contributed by atoms with E-state index in [1.165, 1.54) is 13.8 Å². The van der Waals surface area contributed by atoms with Crippen LogP contribution in [0.4, 0.5) is 0 Å². The quantitative estimate of drug-likeness (QED) is 0.202. The highest BCUT2D eigenvalue weighted by molar-refractivity contribution is 5.78. The molecule has 10 atom stereocenters. The number of carbonyl (C=O) groups excluding carboxylic acids is 1. The first-order valence-corrected chi connectivity index (χ1v) is 16.1. The molecule has 2 aromatic rings. The largest absolute Gasteiger partial charge is 0.459 e. The Morgan fingerprint density at radius 3 is 2.43 bits per heavy atom. The average molecular weight is 618 g/mol. The van der Waals surface area contributed by atoms with Crippen LogP contribution in [0.5, 0.6) is 0 Å². The number of aromatic nitrogens is 1. The number of hydrogen-bond acceptors (Lipinski definition) is 10. The Kier molecular flexibility index (Phi) is 12.7. The molecular formula is C34H55N3O7. The Morgan fingerprint density at radius 2 is 1.75 bits per heavy atom. The molecule has 1 aromatic carbocycles. The van der Waals surface area contributed by atoms with E-state index in [0.29, 0.717) is 26.2 Å². The van der Waals surface area contributed by atoms with Gasteiger partial charge in [0.15, 0.2) is 0 Å². The van der Waals surface area contributed by atoms with Crippen LogP contribution in [0, 0.1) is 17.8 Å². The average Bonchev–Trinajstić information content (AvgIpc) is 2.99. The van der Waals surface area contributed by atoms with Crippen LogP contribution in [0.2, 0.25) is 0 Å². The Morgan fingerprint density at radius 1 is 1.07 bits per heavy atom. The number of pyridine rings is 1. The Labute approximate surface area is 262 Å². The number of aliphatic hydroxyl groups excluding tert-OH is 3. The van der Waals surface area contributed by atoms with E-state index in [4.69, 9.17) is 4.74 Å². The van der Waals surface area contributed by atoms with E-state index in [0.717, 1.165) is 22.9 Å². The topological polar surface area (TPSA) is 156 Å². The summed E-state index contributed by atoms with van der Waals surface area (Å²) in [6.07, 6.45) is -1.77. The van der Waals surface area contributed by atoms with Crippen molar-refractivity contribution in [1.29, 1.82) is 0 Å². The molecule has 1 saturated heterocycles. The maximum absolute atomic E-state index is 13.1. The smallest absolute Gasteiger partial charge is 0.311 e. The van der Waals surface area contributed by atoms with E-state index in [-0.39, 0.29) is 18.8 Å². The van der Waals surface area contributed by atoms with Gasteiger partial charge in [-0.25, -0.2) is 0 Å². The van der Waals surface area contributed by atoms with Gasteiger partial charge in [-0.05, 0) is 83.7 Å². The van der Waals surface area contributed by atoms with Crippen molar-refractivity contribution >= 4 is 16.9 Å². The second-order valence-corrected chi connectivity index (χ2v) is 13.6. The number of fused-ring (bicyclic) bond motifs is 1. The summed E-state index contributed by atoms with van der Waals surface area (Å²) < 4.78 is 5.68. The normalized spacial score (nSPS) is 36.9. The number of cyclic esters (lactones) is 1. The Balaban J connectivity index is 1.78. The second kappa shape index (κ2) is 15.4. The molecule has 1 fully saturated rings. The number of ether oxygens (including phenoxy) is 1. The molecule has 0 radical (unpaired) electrons. The van der Waals surface area contributed by atoms with Crippen LogP contribution in [0.3, 0.4) is 0 Å². The summed E-state index contributed by atoms with van der Waals surface area (Å²) in [6, 6.07) is 9.59. The number of carbonyl (C=O) groups is 1. The first-order chi connectivity index (χ1) is 20.6. The van der Waals surface area contributed by atoms with E-state index >= 15 is 0 Å². The fraction of sp³-hybridized carbons (Fsp3) is 0.706. The zero-order valence-electron chi connectivity index (χ0n) is 27.5. The van der Waals surface area contributed by atoms with Gasteiger partial charge in [-0.15, -0.1) is 0 Å². The zero-order chi connectivity index (χ0) is 32.8. The number of benzene rings is 1. The number of hydrogen-bond donors (Lipinski definition) is 6. The standard InChI is InChI=1S/C34H55N3O7/c1-8-28-34(7,43)31(40)24(5)37(15-11-14-35-18-25-16-26-12-9-10-13-27(26)36-19-25)20-21(2)17-33(6,42)30(39)22(3)29(38)23(4)32(41)44-28/h9-10,12-13,16,19,21-24,28-31,35,38-40,42-43H,8,11,14-15,17-18,20H2,1-7H3/t21-,22+,23-,24-,28-,29+,30-,31-,33-,34-/m1/s1. The van der Waals surface area contributed by atoms with Crippen molar-refractivity contribution in [3.8, 4) is 0 Å². The van der Waals surface area contributed by atoms with Gasteiger partial charge in [0.1, 0.15) is 17.8 Å². The van der Waals surface area contributed by atoms with E-state index in [2.05, 4.69) is 21.3 Å². The van der Waals surface area contributed by atoms with Gasteiger partial charge in [0, 0.05) is 36.6 Å². The van der Waals surface area contributed by atoms with E-state index in [9.17, 15) is 30.3 Å². The number of para-hydroxylation sites is 1. The lowest BCUT2D eigenvalue weighted by atomic mass is 9.78. The molecule has 0 spiro atoms. The van der Waals surface area contributed by atoms with Gasteiger partial charge in [0.05, 0.1) is 29.2 Å². The molecule has 248 valence electrons. The molecule has 2 heterocycles. The fourth-order valence-corrected chi connectivity index (χ4v) is 6.70. The van der Waals surface area contributed by atoms with Gasteiger partial charge >= 0.3 is 5.97 Å². The van der Waals surface area contributed by atoms with Crippen LogP contribution in [-0.2, 0) is 16.1 Å². The zero-order valence-corrected chi connectivity index (χ0v) is 27.5. The van der Waals surface area contributed by atoms with Gasteiger partial charge in [0.2, 0.25) is 0 Å². The predicted octanol–water partition coefficient (Wildman–Crippen LogP) is 2.62. The SMILES string of the molecule is CC[C@H]1OC(=O)[C@H](C)[C@@H](O)[C@H](C)[C@@H](O)[C@](C)(O)C[C@@H](C)CN(CCCNCc2cnc3ccccc3c2)[C@H](C)[C@@H](O)[C@]1(C)O. The number of esters is 1. The molecule has 0 saturated carbocycles. The summed E-state index contributed by atoms with van der Waals surface area (Å²) in [5, 5.41) is 61.0. The van der Waals surface area contributed by atoms with Crippen molar-refractivity contribution in [3.63, 3.8) is 0 Å². The lowest BCUT2D eigenvalue weighted by molar-refractivity contribution is -0.193. The van der Waals surface area contributed by atoms with Crippen molar-refractivity contribution in [3.05, 3.63) is 42.1 Å². The molecule has 1 aliphatic rings. The molecular weight excluding hydrogens is 562 g/mol. The highest BCUT2D eigenvalue weighted by Crippen LogP contribution is 2.32. The summed E-state index contributed by atoms with van der Waals surface area (Å²) >= 11 is 0. The van der Waals surface area contributed by atoms with Crippen LogP contribution >= 0.6 is 0 Å². The van der Waals surface area contributed by atoms with Gasteiger partial charge in [0.25, 0.3) is 0 Å². The number of aliphatic hydroxyl groups is 5. The van der Waals surface area contributed by atoms with E-state index < -0.39 is 59.5 Å². The maximum Gasteiger partial charge on any atom is 0.311 e. The van der Waals surface area contributed by atoms with Crippen molar-refractivity contribution in [2.24, 2.45) is 17.8 Å². The van der Waals surface area contributed by atoms with Crippen molar-refractivity contribution in [2.75, 3.05) is 19.6 Å². The third-order valence-corrected chi connectivity index (χ3v) is 9.55. The monoisotopic (exact) mass is 617 g/mol. The van der Waals surface area contributed by atoms with Crippen LogP contribution in [-0.4, -0.2) is 103 Å². The fourth-order valence-electron chi connectivity index (χ4n) is 6.70. The van der Waals surface area contributed by atoms with Crippen LogP contribution < -0.4 is 5.32 Å². The third kappa shape index (κ3) is 8.75. The molecule has 1 aliphatic heterocycles. The molecule has 6 N–H and O–H groups in total. The molecule has 0 aliphatic carbocycles. The van der Waals surface area contributed by atoms with Crippen molar-refractivity contribution in [2.45, 2.75) is 116 Å². The summed E-state index contributed by atoms with van der Waals surface area (Å²) in [7, 11) is 0. The van der Waals surface area contributed by atoms with Crippen molar-refractivity contribution in [1.82, 2.24) is 15.2 Å². The maximum atomic E-state index is 13.1. The molecule has 3 rings (SSSR count). The number of rotatable bonds is 7. The molecule has 44 heavy (non-hydrogen) atoms. The van der Waals surface area contributed by atoms with E-state index in [1.54, 1.807) is 20.8 Å². The van der Waals surface area contributed by atoms with Crippen molar-refractivity contribution < 1.29 is 35.1 Å². The second-order valence-electron chi connectivity index (χ2n) is 13.6. The van der Waals surface area contributed by atoms with Crippen LogP contribution in [0.15, 0.2) is 36.5 Å². The minimum atomic E-state index is -1.77.